The first-order valence-corrected chi connectivity index (χ1v) is 7.41. The number of hydrogen-bond acceptors (Lipinski definition) is 6. The Morgan fingerprint density at radius 1 is 1.16 bits per heavy atom. The fraction of sp³-hybridized carbons (Fsp3) is 0.118. The van der Waals surface area contributed by atoms with E-state index in [9.17, 15) is 14.9 Å². The normalized spacial score (nSPS) is 10.5. The van der Waals surface area contributed by atoms with Gasteiger partial charge < -0.3 is 4.42 Å². The summed E-state index contributed by atoms with van der Waals surface area (Å²) in [5.74, 6) is -0.286. The highest BCUT2D eigenvalue weighted by atomic mass is 16.6. The molecule has 0 unspecified atom stereocenters. The molecule has 1 aromatic heterocycles. The first-order chi connectivity index (χ1) is 11.9. The van der Waals surface area contributed by atoms with Crippen LogP contribution >= 0.6 is 0 Å². The lowest BCUT2D eigenvalue weighted by Crippen LogP contribution is -2.12. The largest absolute Gasteiger partial charge is 0.403 e. The van der Waals surface area contributed by atoms with Gasteiger partial charge in [-0.25, -0.2) is 0 Å². The molecule has 0 saturated carbocycles. The van der Waals surface area contributed by atoms with Gasteiger partial charge in [0.1, 0.15) is 0 Å². The van der Waals surface area contributed by atoms with E-state index in [1.807, 2.05) is 32.0 Å². The molecule has 1 N–H and O–H groups in total. The minimum Gasteiger partial charge on any atom is -0.403 e. The van der Waals surface area contributed by atoms with E-state index in [0.29, 0.717) is 0 Å². The fourth-order valence-electron chi connectivity index (χ4n) is 2.37. The van der Waals surface area contributed by atoms with Gasteiger partial charge in [0.2, 0.25) is 5.89 Å². The molecule has 2 aromatic carbocycles. The van der Waals surface area contributed by atoms with Crippen molar-refractivity contribution in [3.63, 3.8) is 0 Å². The third-order valence-electron chi connectivity index (χ3n) is 3.58. The van der Waals surface area contributed by atoms with Crippen molar-refractivity contribution >= 4 is 17.6 Å². The standard InChI is InChI=1S/C17H14N4O4/c1-10-6-7-14(11(2)8-10)16-19-20-17(25-16)18-15(22)12-4-3-5-13(9-12)21(23)24/h3-9H,1-2H3,(H,18,20,22). The zero-order valence-corrected chi connectivity index (χ0v) is 13.5. The third-order valence-corrected chi connectivity index (χ3v) is 3.58. The molecule has 0 spiro atoms. The maximum Gasteiger partial charge on any atom is 0.322 e. The number of benzene rings is 2. The van der Waals surface area contributed by atoms with Crippen LogP contribution in [0.15, 0.2) is 46.9 Å². The van der Waals surface area contributed by atoms with E-state index in [4.69, 9.17) is 4.42 Å². The Morgan fingerprint density at radius 3 is 2.68 bits per heavy atom. The predicted octanol–water partition coefficient (Wildman–Crippen LogP) is 3.51. The lowest BCUT2D eigenvalue weighted by Gasteiger charge is -2.02. The van der Waals surface area contributed by atoms with E-state index >= 15 is 0 Å². The van der Waals surface area contributed by atoms with Crippen molar-refractivity contribution in [1.29, 1.82) is 0 Å². The number of amides is 1. The van der Waals surface area contributed by atoms with E-state index in [0.717, 1.165) is 16.7 Å². The fourth-order valence-corrected chi connectivity index (χ4v) is 2.37. The molecule has 8 heteroatoms. The van der Waals surface area contributed by atoms with Crippen molar-refractivity contribution in [2.45, 2.75) is 13.8 Å². The van der Waals surface area contributed by atoms with Crippen molar-refractivity contribution in [2.75, 3.05) is 5.32 Å². The Kier molecular flexibility index (Phi) is 4.25. The molecular weight excluding hydrogens is 324 g/mol. The van der Waals surface area contributed by atoms with Crippen molar-refractivity contribution in [2.24, 2.45) is 0 Å². The molecule has 0 fully saturated rings. The molecule has 3 rings (SSSR count). The molecule has 0 bridgehead atoms. The van der Waals surface area contributed by atoms with Crippen LogP contribution in [0.2, 0.25) is 0 Å². The number of carbonyl (C=O) groups is 1. The topological polar surface area (TPSA) is 111 Å². The van der Waals surface area contributed by atoms with Crippen LogP contribution in [0, 0.1) is 24.0 Å². The molecule has 0 aliphatic rings. The summed E-state index contributed by atoms with van der Waals surface area (Å²) in [6.45, 7) is 3.91. The van der Waals surface area contributed by atoms with Crippen molar-refractivity contribution in [3.05, 3.63) is 69.3 Å². The quantitative estimate of drug-likeness (QED) is 0.575. The van der Waals surface area contributed by atoms with Gasteiger partial charge in [0.05, 0.1) is 4.92 Å². The minimum atomic E-state index is -0.570. The Balaban J connectivity index is 1.80. The van der Waals surface area contributed by atoms with Gasteiger partial charge in [0.15, 0.2) is 0 Å². The molecular formula is C17H14N4O4. The van der Waals surface area contributed by atoms with Crippen LogP contribution in [0.4, 0.5) is 11.7 Å². The number of nitro groups is 1. The summed E-state index contributed by atoms with van der Waals surface area (Å²) in [6, 6.07) is 11.1. The van der Waals surface area contributed by atoms with Crippen LogP contribution < -0.4 is 5.32 Å². The van der Waals surface area contributed by atoms with Gasteiger partial charge in [0.25, 0.3) is 11.6 Å². The summed E-state index contributed by atoms with van der Waals surface area (Å²) in [5.41, 5.74) is 2.81. The highest BCUT2D eigenvalue weighted by molar-refractivity contribution is 6.03. The molecule has 0 radical (unpaired) electrons. The molecule has 0 aliphatic carbocycles. The van der Waals surface area contributed by atoms with Crippen LogP contribution in [0.1, 0.15) is 21.5 Å². The molecule has 8 nitrogen and oxygen atoms in total. The molecule has 0 atom stereocenters. The van der Waals surface area contributed by atoms with Gasteiger partial charge in [-0.15, -0.1) is 5.10 Å². The van der Waals surface area contributed by atoms with Gasteiger partial charge in [-0.3, -0.25) is 20.2 Å². The summed E-state index contributed by atoms with van der Waals surface area (Å²) in [4.78, 5) is 22.4. The average Bonchev–Trinajstić information content (AvgIpc) is 3.03. The van der Waals surface area contributed by atoms with Crippen LogP contribution in [0.3, 0.4) is 0 Å². The third kappa shape index (κ3) is 3.52. The SMILES string of the molecule is Cc1ccc(-c2nnc(NC(=O)c3cccc([N+](=O)[O-])c3)o2)c(C)c1. The van der Waals surface area contributed by atoms with E-state index < -0.39 is 10.8 Å². The number of rotatable bonds is 4. The number of carbonyl (C=O) groups excluding carboxylic acids is 1. The number of nitrogens with zero attached hydrogens (tertiary/aromatic N) is 3. The second kappa shape index (κ2) is 6.52. The minimum absolute atomic E-state index is 0.0773. The monoisotopic (exact) mass is 338 g/mol. The molecule has 25 heavy (non-hydrogen) atoms. The summed E-state index contributed by atoms with van der Waals surface area (Å²) >= 11 is 0. The van der Waals surface area contributed by atoms with Crippen molar-refractivity contribution in [1.82, 2.24) is 10.2 Å². The van der Waals surface area contributed by atoms with Crippen LogP contribution in [0.25, 0.3) is 11.5 Å². The van der Waals surface area contributed by atoms with Crippen LogP contribution in [0.5, 0.6) is 0 Å². The van der Waals surface area contributed by atoms with Gasteiger partial charge >= 0.3 is 6.01 Å². The Hall–Kier alpha value is -3.55. The van der Waals surface area contributed by atoms with Crippen molar-refractivity contribution < 1.29 is 14.1 Å². The highest BCUT2D eigenvalue weighted by Crippen LogP contribution is 2.24. The second-order valence-corrected chi connectivity index (χ2v) is 5.49. The Labute approximate surface area is 142 Å². The molecule has 1 amide bonds. The van der Waals surface area contributed by atoms with E-state index in [2.05, 4.69) is 15.5 Å². The smallest absolute Gasteiger partial charge is 0.322 e. The predicted molar refractivity (Wildman–Crippen MR) is 90.3 cm³/mol. The first-order valence-electron chi connectivity index (χ1n) is 7.41. The zero-order chi connectivity index (χ0) is 18.0. The number of nitrogens with one attached hydrogen (secondary N) is 1. The number of anilines is 1. The molecule has 126 valence electrons. The number of aryl methyl sites for hydroxylation is 2. The lowest BCUT2D eigenvalue weighted by molar-refractivity contribution is -0.384. The van der Waals surface area contributed by atoms with E-state index in [-0.39, 0.29) is 23.2 Å². The van der Waals surface area contributed by atoms with Gasteiger partial charge in [-0.05, 0) is 31.5 Å². The summed E-state index contributed by atoms with van der Waals surface area (Å²) in [5, 5.41) is 21.0. The number of nitro benzene ring substituents is 1. The zero-order valence-electron chi connectivity index (χ0n) is 13.5. The number of aromatic nitrogens is 2. The van der Waals surface area contributed by atoms with Crippen LogP contribution in [-0.4, -0.2) is 21.0 Å². The van der Waals surface area contributed by atoms with Gasteiger partial charge in [-0.2, -0.15) is 0 Å². The van der Waals surface area contributed by atoms with E-state index in [1.165, 1.54) is 24.3 Å². The number of non-ortho nitro benzene ring substituents is 1. The lowest BCUT2D eigenvalue weighted by atomic mass is 10.1. The molecule has 3 aromatic rings. The first kappa shape index (κ1) is 16.3. The Morgan fingerprint density at radius 2 is 1.96 bits per heavy atom. The maximum absolute atomic E-state index is 12.2. The molecule has 0 aliphatic heterocycles. The summed E-state index contributed by atoms with van der Waals surface area (Å²) < 4.78 is 5.47. The molecule has 1 heterocycles. The number of hydrogen-bond donors (Lipinski definition) is 1. The summed E-state index contributed by atoms with van der Waals surface area (Å²) in [7, 11) is 0. The molecule has 0 saturated heterocycles. The van der Waals surface area contributed by atoms with Crippen LogP contribution in [-0.2, 0) is 0 Å². The van der Waals surface area contributed by atoms with Gasteiger partial charge in [0, 0.05) is 23.3 Å². The maximum atomic E-state index is 12.2. The van der Waals surface area contributed by atoms with Crippen molar-refractivity contribution in [3.8, 4) is 11.5 Å². The van der Waals surface area contributed by atoms with E-state index in [1.54, 1.807) is 0 Å². The summed E-state index contributed by atoms with van der Waals surface area (Å²) in [6.07, 6.45) is 0. The average molecular weight is 338 g/mol. The second-order valence-electron chi connectivity index (χ2n) is 5.49. The van der Waals surface area contributed by atoms with Gasteiger partial charge in [-0.1, -0.05) is 28.9 Å². The Bertz CT molecular complexity index is 965. The highest BCUT2D eigenvalue weighted by Gasteiger charge is 2.16.